The fraction of sp³-hybridized carbons (Fsp3) is 0.526. The van der Waals surface area contributed by atoms with E-state index in [1.54, 1.807) is 12.1 Å². The van der Waals surface area contributed by atoms with Crippen LogP contribution in [0.15, 0.2) is 24.3 Å². The molecule has 8 heteroatoms. The SMILES string of the molecule is O=C(O)C(=O)O.O=C(c1ccc(F)cc1)N1CCN(C2CCCCC2)CC1. The molecule has 2 fully saturated rings. The number of nitrogens with zero attached hydrogens (tertiary/aromatic N) is 2. The lowest BCUT2D eigenvalue weighted by atomic mass is 9.94. The molecular formula is C19H25FN2O5. The molecule has 1 saturated carbocycles. The van der Waals surface area contributed by atoms with Crippen molar-refractivity contribution in [2.45, 2.75) is 38.1 Å². The summed E-state index contributed by atoms with van der Waals surface area (Å²) in [5.74, 6) is -3.92. The van der Waals surface area contributed by atoms with E-state index >= 15 is 0 Å². The molecule has 0 spiro atoms. The molecule has 1 aliphatic heterocycles. The fourth-order valence-electron chi connectivity index (χ4n) is 3.51. The summed E-state index contributed by atoms with van der Waals surface area (Å²) in [5, 5.41) is 14.8. The monoisotopic (exact) mass is 380 g/mol. The Bertz CT molecular complexity index is 639. The maximum Gasteiger partial charge on any atom is 0.414 e. The number of halogens is 1. The van der Waals surface area contributed by atoms with Crippen molar-refractivity contribution >= 4 is 17.8 Å². The van der Waals surface area contributed by atoms with Gasteiger partial charge in [0.2, 0.25) is 0 Å². The highest BCUT2D eigenvalue weighted by molar-refractivity contribution is 6.27. The highest BCUT2D eigenvalue weighted by Gasteiger charge is 2.27. The zero-order chi connectivity index (χ0) is 19.8. The molecule has 148 valence electrons. The van der Waals surface area contributed by atoms with Crippen molar-refractivity contribution in [1.29, 1.82) is 0 Å². The van der Waals surface area contributed by atoms with Gasteiger partial charge in [0.25, 0.3) is 5.91 Å². The minimum absolute atomic E-state index is 0.0262. The Morgan fingerprint density at radius 1 is 0.852 bits per heavy atom. The Labute approximate surface area is 157 Å². The number of rotatable bonds is 2. The van der Waals surface area contributed by atoms with E-state index in [1.807, 2.05) is 4.90 Å². The van der Waals surface area contributed by atoms with Crippen LogP contribution in [0.3, 0.4) is 0 Å². The summed E-state index contributed by atoms with van der Waals surface area (Å²) in [6.45, 7) is 3.51. The van der Waals surface area contributed by atoms with E-state index in [4.69, 9.17) is 19.8 Å². The number of hydrogen-bond acceptors (Lipinski definition) is 4. The zero-order valence-electron chi connectivity index (χ0n) is 15.1. The number of hydrogen-bond donors (Lipinski definition) is 2. The van der Waals surface area contributed by atoms with Crippen LogP contribution in [0.25, 0.3) is 0 Å². The fourth-order valence-corrected chi connectivity index (χ4v) is 3.51. The zero-order valence-corrected chi connectivity index (χ0v) is 15.1. The van der Waals surface area contributed by atoms with Gasteiger partial charge in [-0.3, -0.25) is 9.69 Å². The van der Waals surface area contributed by atoms with Crippen molar-refractivity contribution in [3.8, 4) is 0 Å². The second-order valence-electron chi connectivity index (χ2n) is 6.74. The largest absolute Gasteiger partial charge is 0.473 e. The molecule has 0 bridgehead atoms. The number of benzene rings is 1. The van der Waals surface area contributed by atoms with Crippen molar-refractivity contribution in [1.82, 2.24) is 9.80 Å². The molecular weight excluding hydrogens is 355 g/mol. The number of carboxylic acid groups (broad SMARTS) is 2. The van der Waals surface area contributed by atoms with Crippen LogP contribution in [-0.4, -0.2) is 70.1 Å². The smallest absolute Gasteiger partial charge is 0.414 e. The van der Waals surface area contributed by atoms with Gasteiger partial charge in [-0.2, -0.15) is 0 Å². The van der Waals surface area contributed by atoms with Gasteiger partial charge in [0, 0.05) is 37.8 Å². The minimum atomic E-state index is -1.82. The molecule has 0 aromatic heterocycles. The Morgan fingerprint density at radius 2 is 1.37 bits per heavy atom. The summed E-state index contributed by atoms with van der Waals surface area (Å²) in [5.41, 5.74) is 0.586. The summed E-state index contributed by atoms with van der Waals surface area (Å²) in [6.07, 6.45) is 6.69. The molecule has 1 amide bonds. The van der Waals surface area contributed by atoms with Gasteiger partial charge in [-0.1, -0.05) is 19.3 Å². The van der Waals surface area contributed by atoms with Gasteiger partial charge >= 0.3 is 11.9 Å². The Balaban J connectivity index is 0.000000380. The molecule has 1 aromatic carbocycles. The van der Waals surface area contributed by atoms with E-state index in [-0.39, 0.29) is 11.7 Å². The van der Waals surface area contributed by atoms with Crippen LogP contribution in [0.2, 0.25) is 0 Å². The first kappa shape index (κ1) is 20.8. The molecule has 27 heavy (non-hydrogen) atoms. The van der Waals surface area contributed by atoms with Crippen LogP contribution < -0.4 is 0 Å². The number of piperazine rings is 1. The predicted molar refractivity (Wildman–Crippen MR) is 96.0 cm³/mol. The van der Waals surface area contributed by atoms with E-state index in [0.29, 0.717) is 5.56 Å². The molecule has 0 unspecified atom stereocenters. The minimum Gasteiger partial charge on any atom is -0.473 e. The lowest BCUT2D eigenvalue weighted by molar-refractivity contribution is -0.159. The number of amides is 1. The second kappa shape index (κ2) is 10.0. The molecule has 7 nitrogen and oxygen atoms in total. The highest BCUT2D eigenvalue weighted by Crippen LogP contribution is 2.23. The normalized spacial score (nSPS) is 18.3. The van der Waals surface area contributed by atoms with Crippen molar-refractivity contribution in [3.05, 3.63) is 35.6 Å². The van der Waals surface area contributed by atoms with E-state index in [2.05, 4.69) is 4.90 Å². The summed E-state index contributed by atoms with van der Waals surface area (Å²) in [4.78, 5) is 35.0. The van der Waals surface area contributed by atoms with Gasteiger partial charge in [-0.25, -0.2) is 14.0 Å². The quantitative estimate of drug-likeness (QED) is 0.763. The molecule has 0 radical (unpaired) electrons. The highest BCUT2D eigenvalue weighted by atomic mass is 19.1. The van der Waals surface area contributed by atoms with Crippen LogP contribution in [0.5, 0.6) is 0 Å². The summed E-state index contributed by atoms with van der Waals surface area (Å²) >= 11 is 0. The number of carbonyl (C=O) groups is 3. The first-order valence-electron chi connectivity index (χ1n) is 9.13. The molecule has 2 aliphatic rings. The Morgan fingerprint density at radius 3 is 1.85 bits per heavy atom. The topological polar surface area (TPSA) is 98.1 Å². The molecule has 1 aliphatic carbocycles. The van der Waals surface area contributed by atoms with E-state index < -0.39 is 11.9 Å². The first-order valence-corrected chi connectivity index (χ1v) is 9.13. The van der Waals surface area contributed by atoms with Gasteiger partial charge < -0.3 is 15.1 Å². The second-order valence-corrected chi connectivity index (χ2v) is 6.74. The molecule has 1 heterocycles. The maximum atomic E-state index is 12.9. The van der Waals surface area contributed by atoms with E-state index in [1.165, 1.54) is 44.2 Å². The average molecular weight is 380 g/mol. The molecule has 0 atom stereocenters. The third-order valence-corrected chi connectivity index (χ3v) is 4.97. The third kappa shape index (κ3) is 6.32. The molecule has 1 saturated heterocycles. The van der Waals surface area contributed by atoms with Gasteiger partial charge in [0.15, 0.2) is 0 Å². The van der Waals surface area contributed by atoms with Gasteiger partial charge in [-0.05, 0) is 37.1 Å². The molecule has 1 aromatic rings. The number of carbonyl (C=O) groups excluding carboxylic acids is 1. The van der Waals surface area contributed by atoms with Crippen molar-refractivity contribution in [2.24, 2.45) is 0 Å². The van der Waals surface area contributed by atoms with E-state index in [9.17, 15) is 9.18 Å². The van der Waals surface area contributed by atoms with Crippen LogP contribution in [0.4, 0.5) is 4.39 Å². The molecule has 3 rings (SSSR count). The number of aliphatic carboxylic acids is 2. The Hall–Kier alpha value is -2.48. The standard InChI is InChI=1S/C17H23FN2O.C2H2O4/c18-15-8-6-14(7-9-15)17(21)20-12-10-19(11-13-20)16-4-2-1-3-5-16;3-1(4)2(5)6/h6-9,16H,1-5,10-13H2;(H,3,4)(H,5,6). The van der Waals surface area contributed by atoms with Gasteiger partial charge in [0.05, 0.1) is 0 Å². The summed E-state index contributed by atoms with van der Waals surface area (Å²) in [6, 6.07) is 6.58. The lowest BCUT2D eigenvalue weighted by Gasteiger charge is -2.40. The third-order valence-electron chi connectivity index (χ3n) is 4.97. The predicted octanol–water partition coefficient (Wildman–Crippen LogP) is 2.07. The van der Waals surface area contributed by atoms with Gasteiger partial charge in [-0.15, -0.1) is 0 Å². The first-order chi connectivity index (χ1) is 12.9. The average Bonchev–Trinajstić information content (AvgIpc) is 2.69. The molecule has 2 N–H and O–H groups in total. The van der Waals surface area contributed by atoms with Crippen molar-refractivity contribution in [3.63, 3.8) is 0 Å². The maximum absolute atomic E-state index is 12.9. The number of carboxylic acids is 2. The van der Waals surface area contributed by atoms with Gasteiger partial charge in [0.1, 0.15) is 5.82 Å². The van der Waals surface area contributed by atoms with E-state index in [0.717, 1.165) is 32.2 Å². The summed E-state index contributed by atoms with van der Waals surface area (Å²) in [7, 11) is 0. The summed E-state index contributed by atoms with van der Waals surface area (Å²) < 4.78 is 12.9. The van der Waals surface area contributed by atoms with Crippen LogP contribution in [0, 0.1) is 5.82 Å². The van der Waals surface area contributed by atoms with Crippen molar-refractivity contribution in [2.75, 3.05) is 26.2 Å². The van der Waals surface area contributed by atoms with Crippen LogP contribution in [0.1, 0.15) is 42.5 Å². The van der Waals surface area contributed by atoms with Crippen LogP contribution in [-0.2, 0) is 9.59 Å². The Kier molecular flexibility index (Phi) is 7.72. The van der Waals surface area contributed by atoms with Crippen LogP contribution >= 0.6 is 0 Å². The lowest BCUT2D eigenvalue weighted by Crippen LogP contribution is -2.52. The van der Waals surface area contributed by atoms with Crippen molar-refractivity contribution < 1.29 is 29.0 Å².